The van der Waals surface area contributed by atoms with E-state index < -0.39 is 5.60 Å². The van der Waals surface area contributed by atoms with Crippen molar-refractivity contribution in [1.82, 2.24) is 9.80 Å². The van der Waals surface area contributed by atoms with Crippen LogP contribution in [-0.2, 0) is 20.9 Å². The first-order chi connectivity index (χ1) is 14.3. The number of carbonyl (C=O) groups is 3. The Morgan fingerprint density at radius 2 is 1.43 bits per heavy atom. The summed E-state index contributed by atoms with van der Waals surface area (Å²) >= 11 is 0. The molecule has 2 aliphatic rings. The summed E-state index contributed by atoms with van der Waals surface area (Å²) in [6.07, 6.45) is 5.37. The van der Waals surface area contributed by atoms with Gasteiger partial charge in [0.1, 0.15) is 18.2 Å². The van der Waals surface area contributed by atoms with Gasteiger partial charge in [0.25, 0.3) is 0 Å². The zero-order valence-corrected chi connectivity index (χ0v) is 18.6. The highest BCUT2D eigenvalue weighted by Crippen LogP contribution is 2.18. The molecule has 3 rings (SSSR count). The second-order valence-electron chi connectivity index (χ2n) is 9.18. The van der Waals surface area contributed by atoms with Crippen molar-refractivity contribution < 1.29 is 19.1 Å². The highest BCUT2D eigenvalue weighted by Gasteiger charge is 2.26. The fourth-order valence-electron chi connectivity index (χ4n) is 3.63. The van der Waals surface area contributed by atoms with Crippen molar-refractivity contribution >= 4 is 18.7 Å². The van der Waals surface area contributed by atoms with Crippen LogP contribution in [0.25, 0.3) is 0 Å². The number of hydrogen-bond donors (Lipinski definition) is 0. The maximum absolute atomic E-state index is 11.6. The van der Waals surface area contributed by atoms with Crippen LogP contribution in [0.15, 0.2) is 30.3 Å². The van der Waals surface area contributed by atoms with Gasteiger partial charge in [-0.1, -0.05) is 30.3 Å². The van der Waals surface area contributed by atoms with Gasteiger partial charge in [0.15, 0.2) is 0 Å². The van der Waals surface area contributed by atoms with E-state index in [1.165, 1.54) is 5.56 Å². The Balaban J connectivity index is 0.000000214. The van der Waals surface area contributed by atoms with Crippen LogP contribution in [0.2, 0.25) is 0 Å². The molecule has 0 atom stereocenters. The minimum atomic E-state index is -0.446. The monoisotopic (exact) mass is 416 g/mol. The molecule has 0 bridgehead atoms. The van der Waals surface area contributed by atoms with Crippen molar-refractivity contribution in [3.63, 3.8) is 0 Å². The summed E-state index contributed by atoms with van der Waals surface area (Å²) in [4.78, 5) is 36.9. The quantitative estimate of drug-likeness (QED) is 0.696. The van der Waals surface area contributed by atoms with Crippen LogP contribution in [0.1, 0.15) is 52.0 Å². The second-order valence-corrected chi connectivity index (χ2v) is 9.18. The number of likely N-dealkylation sites (tertiary alicyclic amines) is 2. The van der Waals surface area contributed by atoms with E-state index in [0.29, 0.717) is 19.0 Å². The Morgan fingerprint density at radius 1 is 0.933 bits per heavy atom. The topological polar surface area (TPSA) is 66.9 Å². The molecule has 2 saturated heterocycles. The summed E-state index contributed by atoms with van der Waals surface area (Å²) < 4.78 is 5.24. The molecule has 1 aromatic rings. The van der Waals surface area contributed by atoms with E-state index in [0.717, 1.165) is 57.9 Å². The number of ether oxygens (including phenoxy) is 1. The highest BCUT2D eigenvalue weighted by molar-refractivity contribution is 5.68. The Bertz CT molecular complexity index is 656. The van der Waals surface area contributed by atoms with Crippen LogP contribution in [0, 0.1) is 11.8 Å². The van der Waals surface area contributed by atoms with Gasteiger partial charge in [-0.2, -0.15) is 0 Å². The molecule has 1 aromatic carbocycles. The number of benzene rings is 1. The molecular formula is C24H36N2O4. The van der Waals surface area contributed by atoms with Gasteiger partial charge in [0.2, 0.25) is 0 Å². The van der Waals surface area contributed by atoms with E-state index in [4.69, 9.17) is 4.74 Å². The zero-order valence-electron chi connectivity index (χ0n) is 18.6. The SMILES string of the molecule is CC(C)(C)OC(=O)N1CCC(C=O)CC1.O=CC1CCN(Cc2ccccc2)CC1. The van der Waals surface area contributed by atoms with Gasteiger partial charge in [-0.3, -0.25) is 4.90 Å². The van der Waals surface area contributed by atoms with Gasteiger partial charge in [-0.15, -0.1) is 0 Å². The van der Waals surface area contributed by atoms with E-state index in [9.17, 15) is 14.4 Å². The Hall–Kier alpha value is -2.21. The van der Waals surface area contributed by atoms with Gasteiger partial charge in [-0.25, -0.2) is 4.79 Å². The zero-order chi connectivity index (χ0) is 22.0. The lowest BCUT2D eigenvalue weighted by atomic mass is 9.98. The molecule has 0 aromatic heterocycles. The standard InChI is InChI=1S/C13H17NO.C11H19NO3/c15-11-13-6-8-14(9-7-13)10-12-4-2-1-3-5-12;1-11(2,3)15-10(14)12-6-4-9(8-13)5-7-12/h1-5,11,13H,6-10H2;8-9H,4-7H2,1-3H3. The first-order valence-corrected chi connectivity index (χ1v) is 11.0. The maximum Gasteiger partial charge on any atom is 0.410 e. The first-order valence-electron chi connectivity index (χ1n) is 11.0. The minimum Gasteiger partial charge on any atom is -0.444 e. The lowest BCUT2D eigenvalue weighted by molar-refractivity contribution is -0.113. The minimum absolute atomic E-state index is 0.115. The fraction of sp³-hybridized carbons (Fsp3) is 0.625. The highest BCUT2D eigenvalue weighted by atomic mass is 16.6. The third-order valence-electron chi connectivity index (χ3n) is 5.46. The summed E-state index contributed by atoms with van der Waals surface area (Å²) in [6.45, 7) is 9.93. The molecule has 166 valence electrons. The van der Waals surface area contributed by atoms with Gasteiger partial charge >= 0.3 is 6.09 Å². The van der Waals surface area contributed by atoms with Gasteiger partial charge < -0.3 is 19.2 Å². The molecule has 0 radical (unpaired) electrons. The molecule has 2 fully saturated rings. The second kappa shape index (κ2) is 11.8. The third-order valence-corrected chi connectivity index (χ3v) is 5.46. The number of carbonyl (C=O) groups excluding carboxylic acids is 3. The largest absolute Gasteiger partial charge is 0.444 e. The van der Waals surface area contributed by atoms with Crippen molar-refractivity contribution in [2.75, 3.05) is 26.2 Å². The molecule has 6 nitrogen and oxygen atoms in total. The van der Waals surface area contributed by atoms with Crippen molar-refractivity contribution in [3.8, 4) is 0 Å². The Kier molecular flexibility index (Phi) is 9.50. The molecule has 0 saturated carbocycles. The fourth-order valence-corrected chi connectivity index (χ4v) is 3.63. The maximum atomic E-state index is 11.6. The summed E-state index contributed by atoms with van der Waals surface area (Å²) in [5.74, 6) is 0.417. The van der Waals surface area contributed by atoms with Gasteiger partial charge in [0.05, 0.1) is 0 Å². The number of amides is 1. The predicted molar refractivity (Wildman–Crippen MR) is 117 cm³/mol. The van der Waals surface area contributed by atoms with Crippen LogP contribution < -0.4 is 0 Å². The van der Waals surface area contributed by atoms with E-state index >= 15 is 0 Å². The summed E-state index contributed by atoms with van der Waals surface area (Å²) in [6, 6.07) is 10.5. The molecule has 2 heterocycles. The van der Waals surface area contributed by atoms with Crippen molar-refractivity contribution in [1.29, 1.82) is 0 Å². The Labute approximate surface area is 180 Å². The lowest BCUT2D eigenvalue weighted by Gasteiger charge is -2.31. The summed E-state index contributed by atoms with van der Waals surface area (Å²) in [5.41, 5.74) is 0.917. The average molecular weight is 417 g/mol. The number of hydrogen-bond acceptors (Lipinski definition) is 5. The molecule has 0 spiro atoms. The number of rotatable bonds is 4. The van der Waals surface area contributed by atoms with E-state index in [1.54, 1.807) is 4.90 Å². The van der Waals surface area contributed by atoms with Crippen molar-refractivity contribution in [2.24, 2.45) is 11.8 Å². The number of piperidine rings is 2. The molecule has 0 unspecified atom stereocenters. The molecule has 2 aliphatic heterocycles. The summed E-state index contributed by atoms with van der Waals surface area (Å²) in [5, 5.41) is 0. The lowest BCUT2D eigenvalue weighted by Crippen LogP contribution is -2.41. The molecular weight excluding hydrogens is 380 g/mol. The van der Waals surface area contributed by atoms with Crippen LogP contribution in [0.3, 0.4) is 0 Å². The normalized spacial score (nSPS) is 18.8. The smallest absolute Gasteiger partial charge is 0.410 e. The van der Waals surface area contributed by atoms with Crippen molar-refractivity contribution in [3.05, 3.63) is 35.9 Å². The van der Waals surface area contributed by atoms with Crippen molar-refractivity contribution in [2.45, 2.75) is 58.6 Å². The van der Waals surface area contributed by atoms with Crippen LogP contribution >= 0.6 is 0 Å². The van der Waals surface area contributed by atoms with Gasteiger partial charge in [-0.05, 0) is 65.1 Å². The molecule has 30 heavy (non-hydrogen) atoms. The van der Waals surface area contributed by atoms with E-state index in [2.05, 4.69) is 29.2 Å². The van der Waals surface area contributed by atoms with E-state index in [1.807, 2.05) is 26.8 Å². The first kappa shape index (κ1) is 24.1. The molecule has 0 aliphatic carbocycles. The van der Waals surface area contributed by atoms with Gasteiger partial charge in [0, 0.05) is 31.5 Å². The third kappa shape index (κ3) is 8.66. The molecule has 0 N–H and O–H groups in total. The molecule has 1 amide bonds. The van der Waals surface area contributed by atoms with E-state index in [-0.39, 0.29) is 12.0 Å². The average Bonchev–Trinajstić information content (AvgIpc) is 2.74. The number of aldehydes is 2. The summed E-state index contributed by atoms with van der Waals surface area (Å²) in [7, 11) is 0. The number of nitrogens with zero attached hydrogens (tertiary/aromatic N) is 2. The van der Waals surface area contributed by atoms with Crippen LogP contribution in [0.4, 0.5) is 4.79 Å². The molecule has 6 heteroatoms. The Morgan fingerprint density at radius 3 is 1.90 bits per heavy atom. The predicted octanol–water partition coefficient (Wildman–Crippen LogP) is 3.93. The van der Waals surface area contributed by atoms with Crippen LogP contribution in [-0.4, -0.2) is 60.2 Å². The van der Waals surface area contributed by atoms with Crippen LogP contribution in [0.5, 0.6) is 0 Å².